The molecular formula is C12H6F3IN2O2. The van der Waals surface area contributed by atoms with Gasteiger partial charge in [-0.3, -0.25) is 10.1 Å². The zero-order valence-electron chi connectivity index (χ0n) is 9.66. The second-order valence-corrected chi connectivity index (χ2v) is 4.96. The summed E-state index contributed by atoms with van der Waals surface area (Å²) in [5.74, 6) is -3.47. The minimum absolute atomic E-state index is 0.109. The van der Waals surface area contributed by atoms with Crippen molar-refractivity contribution in [2.45, 2.75) is 0 Å². The number of nitro groups is 1. The smallest absolute Gasteiger partial charge is 0.282 e. The summed E-state index contributed by atoms with van der Waals surface area (Å²) in [6, 6.07) is 5.15. The van der Waals surface area contributed by atoms with Gasteiger partial charge in [0.2, 0.25) is 0 Å². The Balaban J connectivity index is 2.36. The molecule has 4 nitrogen and oxygen atoms in total. The minimum Gasteiger partial charge on any atom is -0.353 e. The first-order valence-electron chi connectivity index (χ1n) is 5.24. The van der Waals surface area contributed by atoms with E-state index in [1.54, 1.807) is 22.6 Å². The highest BCUT2D eigenvalue weighted by molar-refractivity contribution is 14.1. The van der Waals surface area contributed by atoms with Crippen molar-refractivity contribution in [2.75, 3.05) is 5.32 Å². The third-order valence-corrected chi connectivity index (χ3v) is 3.28. The summed E-state index contributed by atoms with van der Waals surface area (Å²) in [7, 11) is 0. The standard InChI is InChI=1S/C12H6F3IN2O2/c13-6-3-8(14)12(15)10(4-6)17-7-1-2-11(18(19)20)9(16)5-7/h1-5,17H. The van der Waals surface area contributed by atoms with Crippen LogP contribution < -0.4 is 5.32 Å². The van der Waals surface area contributed by atoms with Gasteiger partial charge in [0.25, 0.3) is 5.69 Å². The Labute approximate surface area is 124 Å². The third-order valence-electron chi connectivity index (χ3n) is 2.42. The fraction of sp³-hybridized carbons (Fsp3) is 0. The Kier molecular flexibility index (Phi) is 4.12. The molecule has 0 aromatic heterocycles. The van der Waals surface area contributed by atoms with Gasteiger partial charge in [0, 0.05) is 23.9 Å². The quantitative estimate of drug-likeness (QED) is 0.364. The van der Waals surface area contributed by atoms with Crippen LogP contribution in [0.2, 0.25) is 0 Å². The normalized spacial score (nSPS) is 10.4. The van der Waals surface area contributed by atoms with Crippen molar-refractivity contribution < 1.29 is 18.1 Å². The average Bonchev–Trinajstić information content (AvgIpc) is 2.35. The van der Waals surface area contributed by atoms with E-state index in [2.05, 4.69) is 5.32 Å². The lowest BCUT2D eigenvalue weighted by Crippen LogP contribution is -1.99. The maximum absolute atomic E-state index is 13.5. The van der Waals surface area contributed by atoms with Crippen LogP contribution in [0.4, 0.5) is 30.2 Å². The molecule has 0 fully saturated rings. The van der Waals surface area contributed by atoms with Crippen LogP contribution in [0.25, 0.3) is 0 Å². The lowest BCUT2D eigenvalue weighted by Gasteiger charge is -2.09. The van der Waals surface area contributed by atoms with Crippen molar-refractivity contribution in [1.82, 2.24) is 0 Å². The van der Waals surface area contributed by atoms with Crippen molar-refractivity contribution >= 4 is 39.7 Å². The molecule has 2 aromatic rings. The number of halogens is 4. The minimum atomic E-state index is -1.32. The summed E-state index contributed by atoms with van der Waals surface area (Å²) in [6.45, 7) is 0. The zero-order chi connectivity index (χ0) is 14.9. The average molecular weight is 394 g/mol. The summed E-state index contributed by atoms with van der Waals surface area (Å²) >= 11 is 1.74. The highest BCUT2D eigenvalue weighted by Gasteiger charge is 2.14. The van der Waals surface area contributed by atoms with Gasteiger partial charge in [0.15, 0.2) is 11.6 Å². The number of hydrogen-bond acceptors (Lipinski definition) is 3. The third kappa shape index (κ3) is 3.00. The van der Waals surface area contributed by atoms with Crippen molar-refractivity contribution in [3.63, 3.8) is 0 Å². The maximum atomic E-state index is 13.5. The van der Waals surface area contributed by atoms with E-state index in [4.69, 9.17) is 0 Å². The molecule has 2 aromatic carbocycles. The lowest BCUT2D eigenvalue weighted by molar-refractivity contribution is -0.385. The Bertz CT molecular complexity index is 695. The molecule has 20 heavy (non-hydrogen) atoms. The molecule has 0 bridgehead atoms. The van der Waals surface area contributed by atoms with E-state index >= 15 is 0 Å². The Morgan fingerprint density at radius 1 is 1.15 bits per heavy atom. The van der Waals surface area contributed by atoms with Gasteiger partial charge < -0.3 is 5.32 Å². The molecule has 0 unspecified atom stereocenters. The van der Waals surface area contributed by atoms with E-state index < -0.39 is 22.4 Å². The molecule has 0 aliphatic rings. The summed E-state index contributed by atoms with van der Waals surface area (Å²) in [5, 5.41) is 13.1. The summed E-state index contributed by atoms with van der Waals surface area (Å²) in [6.07, 6.45) is 0. The Morgan fingerprint density at radius 3 is 2.45 bits per heavy atom. The molecule has 0 aliphatic carbocycles. The molecule has 8 heteroatoms. The number of nitro benzene ring substituents is 1. The van der Waals surface area contributed by atoms with Crippen LogP contribution in [-0.4, -0.2) is 4.92 Å². The van der Waals surface area contributed by atoms with Gasteiger partial charge in [0.05, 0.1) is 14.2 Å². The molecule has 0 spiro atoms. The van der Waals surface area contributed by atoms with Crippen molar-refractivity contribution in [3.05, 3.63) is 61.5 Å². The van der Waals surface area contributed by atoms with Crippen LogP contribution in [0.1, 0.15) is 0 Å². The SMILES string of the molecule is O=[N+]([O-])c1ccc(Nc2cc(F)cc(F)c2F)cc1I. The second-order valence-electron chi connectivity index (χ2n) is 3.80. The number of benzene rings is 2. The number of nitrogens with one attached hydrogen (secondary N) is 1. The Morgan fingerprint density at radius 2 is 1.85 bits per heavy atom. The molecular weight excluding hydrogens is 388 g/mol. The number of hydrogen-bond donors (Lipinski definition) is 1. The van der Waals surface area contributed by atoms with E-state index in [1.165, 1.54) is 18.2 Å². The predicted molar refractivity (Wildman–Crippen MR) is 75.4 cm³/mol. The van der Waals surface area contributed by atoms with Gasteiger partial charge >= 0.3 is 0 Å². The number of nitrogens with zero attached hydrogens (tertiary/aromatic N) is 1. The van der Waals surface area contributed by atoms with Gasteiger partial charge in [0.1, 0.15) is 5.82 Å². The van der Waals surface area contributed by atoms with E-state index in [9.17, 15) is 23.3 Å². The van der Waals surface area contributed by atoms with E-state index in [0.717, 1.165) is 6.07 Å². The van der Waals surface area contributed by atoms with Gasteiger partial charge in [-0.2, -0.15) is 0 Å². The van der Waals surface area contributed by atoms with E-state index in [0.29, 0.717) is 9.64 Å². The zero-order valence-corrected chi connectivity index (χ0v) is 11.8. The van der Waals surface area contributed by atoms with Crippen LogP contribution in [0.15, 0.2) is 30.3 Å². The second kappa shape index (κ2) is 5.65. The first kappa shape index (κ1) is 14.6. The summed E-state index contributed by atoms with van der Waals surface area (Å²) in [5.41, 5.74) is -0.210. The van der Waals surface area contributed by atoms with Gasteiger partial charge in [-0.05, 0) is 34.7 Å². The fourth-order valence-electron chi connectivity index (χ4n) is 1.54. The molecule has 0 atom stereocenters. The van der Waals surface area contributed by atoms with E-state index in [1.807, 2.05) is 0 Å². The summed E-state index contributed by atoms with van der Waals surface area (Å²) in [4.78, 5) is 10.1. The van der Waals surface area contributed by atoms with Crippen LogP contribution in [0.3, 0.4) is 0 Å². The Hall–Kier alpha value is -1.84. The van der Waals surface area contributed by atoms with E-state index in [-0.39, 0.29) is 17.1 Å². The molecule has 0 amide bonds. The highest BCUT2D eigenvalue weighted by Crippen LogP contribution is 2.28. The highest BCUT2D eigenvalue weighted by atomic mass is 127. The first-order chi connectivity index (χ1) is 9.38. The van der Waals surface area contributed by atoms with Gasteiger partial charge in [-0.25, -0.2) is 13.2 Å². The van der Waals surface area contributed by atoms with Gasteiger partial charge in [-0.15, -0.1) is 0 Å². The summed E-state index contributed by atoms with van der Waals surface area (Å²) < 4.78 is 39.8. The van der Waals surface area contributed by atoms with Crippen LogP contribution >= 0.6 is 22.6 Å². The van der Waals surface area contributed by atoms with Crippen LogP contribution in [0.5, 0.6) is 0 Å². The lowest BCUT2D eigenvalue weighted by atomic mass is 10.2. The van der Waals surface area contributed by atoms with Crippen LogP contribution in [-0.2, 0) is 0 Å². The molecule has 0 aliphatic heterocycles. The fourth-order valence-corrected chi connectivity index (χ4v) is 2.25. The van der Waals surface area contributed by atoms with Crippen molar-refractivity contribution in [3.8, 4) is 0 Å². The molecule has 104 valence electrons. The molecule has 0 heterocycles. The predicted octanol–water partition coefficient (Wildman–Crippen LogP) is 4.36. The maximum Gasteiger partial charge on any atom is 0.282 e. The first-order valence-corrected chi connectivity index (χ1v) is 6.32. The largest absolute Gasteiger partial charge is 0.353 e. The van der Waals surface area contributed by atoms with Gasteiger partial charge in [-0.1, -0.05) is 0 Å². The molecule has 2 rings (SSSR count). The monoisotopic (exact) mass is 394 g/mol. The molecule has 1 N–H and O–H groups in total. The van der Waals surface area contributed by atoms with Crippen molar-refractivity contribution in [2.24, 2.45) is 0 Å². The molecule has 0 saturated heterocycles. The van der Waals surface area contributed by atoms with Crippen molar-refractivity contribution in [1.29, 1.82) is 0 Å². The van der Waals surface area contributed by atoms with Crippen LogP contribution in [0, 0.1) is 31.1 Å². The number of rotatable bonds is 3. The number of anilines is 2. The molecule has 0 radical (unpaired) electrons. The topological polar surface area (TPSA) is 55.2 Å². The molecule has 0 saturated carbocycles.